The van der Waals surface area contributed by atoms with Crippen molar-refractivity contribution in [3.05, 3.63) is 58.6 Å². The number of carbonyl (C=O) groups is 1. The minimum absolute atomic E-state index is 0.0404. The molecule has 1 unspecified atom stereocenters. The van der Waals surface area contributed by atoms with Crippen molar-refractivity contribution in [2.75, 3.05) is 13.2 Å². The van der Waals surface area contributed by atoms with Crippen molar-refractivity contribution in [1.29, 1.82) is 0 Å². The molecule has 2 rings (SSSR count). The van der Waals surface area contributed by atoms with E-state index >= 15 is 0 Å². The molecule has 0 aliphatic rings. The van der Waals surface area contributed by atoms with E-state index in [1.807, 2.05) is 5.32 Å². The standard InChI is InChI=1S/C17H19N2O9P/c1-2-27-16(20)11-18-17(21,29(24,25)26)28-15-6-4-3-5-14(15)12-7-9-13(10-8-12)19(22)23/h3-10,18,21H,2,11H2,1H3,(H2,24,25,26). The van der Waals surface area contributed by atoms with Crippen LogP contribution in [-0.2, 0) is 14.1 Å². The van der Waals surface area contributed by atoms with E-state index in [0.29, 0.717) is 11.1 Å². The monoisotopic (exact) mass is 426 g/mol. The molecule has 0 aliphatic heterocycles. The number of ether oxygens (including phenoxy) is 2. The van der Waals surface area contributed by atoms with Gasteiger partial charge < -0.3 is 24.4 Å². The lowest BCUT2D eigenvalue weighted by Gasteiger charge is -2.30. The highest BCUT2D eigenvalue weighted by Crippen LogP contribution is 2.49. The Morgan fingerprint density at radius 3 is 2.38 bits per heavy atom. The molecule has 2 aromatic carbocycles. The summed E-state index contributed by atoms with van der Waals surface area (Å²) < 4.78 is 21.7. The third kappa shape index (κ3) is 5.59. The van der Waals surface area contributed by atoms with Crippen molar-refractivity contribution >= 4 is 19.3 Å². The average molecular weight is 426 g/mol. The highest BCUT2D eigenvalue weighted by Gasteiger charge is 2.49. The molecule has 0 amide bonds. The largest absolute Gasteiger partial charge is 0.465 e. The smallest absolute Gasteiger partial charge is 0.414 e. The van der Waals surface area contributed by atoms with Gasteiger partial charge in [-0.3, -0.25) is 19.5 Å². The van der Waals surface area contributed by atoms with Crippen molar-refractivity contribution in [2.24, 2.45) is 0 Å². The van der Waals surface area contributed by atoms with Gasteiger partial charge in [0, 0.05) is 17.7 Å². The topological polar surface area (TPSA) is 168 Å². The number of nitro benzene ring substituents is 1. The quantitative estimate of drug-likeness (QED) is 0.152. The number of aliphatic hydroxyl groups is 1. The fourth-order valence-electron chi connectivity index (χ4n) is 2.31. The van der Waals surface area contributed by atoms with Crippen LogP contribution in [0.15, 0.2) is 48.5 Å². The van der Waals surface area contributed by atoms with Crippen LogP contribution in [0.25, 0.3) is 11.1 Å². The van der Waals surface area contributed by atoms with Crippen LogP contribution in [0.2, 0.25) is 0 Å². The molecule has 0 heterocycles. The number of para-hydroxylation sites is 1. The summed E-state index contributed by atoms with van der Waals surface area (Å²) in [6, 6.07) is 11.3. The van der Waals surface area contributed by atoms with Gasteiger partial charge in [0.05, 0.1) is 11.5 Å². The second-order valence-corrected chi connectivity index (χ2v) is 7.41. The molecule has 0 saturated heterocycles. The van der Waals surface area contributed by atoms with Gasteiger partial charge in [0.15, 0.2) is 0 Å². The second-order valence-electron chi connectivity index (χ2n) is 5.71. The summed E-state index contributed by atoms with van der Waals surface area (Å²) in [5.41, 5.74) is -2.62. The Morgan fingerprint density at radius 1 is 1.21 bits per heavy atom. The fraction of sp³-hybridized carbons (Fsp3) is 0.235. The van der Waals surface area contributed by atoms with Gasteiger partial charge in [-0.2, -0.15) is 0 Å². The predicted molar refractivity (Wildman–Crippen MR) is 101 cm³/mol. The normalized spacial score (nSPS) is 13.4. The zero-order valence-corrected chi connectivity index (χ0v) is 16.1. The van der Waals surface area contributed by atoms with E-state index in [4.69, 9.17) is 4.74 Å². The lowest BCUT2D eigenvalue weighted by Crippen LogP contribution is -2.52. The van der Waals surface area contributed by atoms with Crippen molar-refractivity contribution in [2.45, 2.75) is 12.6 Å². The molecule has 0 aromatic heterocycles. The highest BCUT2D eigenvalue weighted by molar-refractivity contribution is 7.53. The van der Waals surface area contributed by atoms with Crippen LogP contribution in [0.4, 0.5) is 5.69 Å². The Kier molecular flexibility index (Phi) is 7.07. The highest BCUT2D eigenvalue weighted by atomic mass is 31.2. The first-order valence-corrected chi connectivity index (χ1v) is 9.90. The summed E-state index contributed by atoms with van der Waals surface area (Å²) in [6.45, 7) is 0.859. The van der Waals surface area contributed by atoms with Crippen LogP contribution >= 0.6 is 7.60 Å². The van der Waals surface area contributed by atoms with Gasteiger partial charge in [0.1, 0.15) is 12.3 Å². The molecule has 29 heavy (non-hydrogen) atoms. The van der Waals surface area contributed by atoms with Crippen LogP contribution in [0.5, 0.6) is 5.75 Å². The van der Waals surface area contributed by atoms with E-state index in [9.17, 15) is 34.4 Å². The second kappa shape index (κ2) is 9.12. The van der Waals surface area contributed by atoms with Gasteiger partial charge in [0.2, 0.25) is 0 Å². The Bertz CT molecular complexity index is 929. The number of non-ortho nitro benzene ring substituents is 1. The van der Waals surface area contributed by atoms with Crippen LogP contribution in [0.3, 0.4) is 0 Å². The molecule has 0 bridgehead atoms. The number of nitro groups is 1. The molecule has 1 atom stereocenters. The summed E-state index contributed by atoms with van der Waals surface area (Å²) in [5, 5.41) is 23.2. The minimum atomic E-state index is -5.34. The molecule has 0 saturated carbocycles. The van der Waals surface area contributed by atoms with E-state index in [-0.39, 0.29) is 18.0 Å². The Labute approximate surface area is 165 Å². The molecule has 0 fully saturated rings. The third-order valence-corrected chi connectivity index (χ3v) is 4.73. The summed E-state index contributed by atoms with van der Waals surface area (Å²) in [6.07, 6.45) is 0. The molecular formula is C17H19N2O9P. The van der Waals surface area contributed by atoms with Gasteiger partial charge >= 0.3 is 19.2 Å². The van der Waals surface area contributed by atoms with Crippen molar-refractivity contribution in [3.63, 3.8) is 0 Å². The number of rotatable bonds is 9. The fourth-order valence-corrected chi connectivity index (χ4v) is 2.81. The molecule has 0 spiro atoms. The summed E-state index contributed by atoms with van der Waals surface area (Å²) in [4.78, 5) is 40.8. The molecule has 156 valence electrons. The Hall–Kier alpha value is -2.82. The van der Waals surface area contributed by atoms with E-state index in [1.54, 1.807) is 13.0 Å². The van der Waals surface area contributed by atoms with Crippen molar-refractivity contribution in [3.8, 4) is 16.9 Å². The van der Waals surface area contributed by atoms with Crippen molar-refractivity contribution < 1.29 is 38.6 Å². The number of nitrogens with zero attached hydrogens (tertiary/aromatic N) is 1. The third-order valence-electron chi connectivity index (χ3n) is 3.69. The maximum absolute atomic E-state index is 11.8. The van der Waals surface area contributed by atoms with Gasteiger partial charge in [-0.1, -0.05) is 18.2 Å². The Balaban J connectivity index is 2.36. The molecule has 2 aromatic rings. The van der Waals surface area contributed by atoms with Crippen LogP contribution in [0, 0.1) is 10.1 Å². The van der Waals surface area contributed by atoms with Crippen LogP contribution < -0.4 is 10.1 Å². The van der Waals surface area contributed by atoms with E-state index in [0.717, 1.165) is 0 Å². The molecule has 4 N–H and O–H groups in total. The lowest BCUT2D eigenvalue weighted by atomic mass is 10.0. The Morgan fingerprint density at radius 2 is 1.83 bits per heavy atom. The first kappa shape index (κ1) is 22.5. The van der Waals surface area contributed by atoms with Gasteiger partial charge in [-0.05, 0) is 30.7 Å². The number of carbonyl (C=O) groups excluding carboxylic acids is 1. The number of hydrogen-bond donors (Lipinski definition) is 4. The molecule has 0 aliphatic carbocycles. The molecule has 0 radical (unpaired) electrons. The van der Waals surface area contributed by atoms with Gasteiger partial charge in [-0.15, -0.1) is 0 Å². The van der Waals surface area contributed by atoms with Gasteiger partial charge in [0.25, 0.3) is 5.69 Å². The summed E-state index contributed by atoms with van der Waals surface area (Å²) in [7, 11) is -5.34. The molecular weight excluding hydrogens is 407 g/mol. The van der Waals surface area contributed by atoms with Crippen molar-refractivity contribution in [1.82, 2.24) is 5.32 Å². The lowest BCUT2D eigenvalue weighted by molar-refractivity contribution is -0.384. The predicted octanol–water partition coefficient (Wildman–Crippen LogP) is 1.57. The number of esters is 1. The zero-order valence-electron chi connectivity index (χ0n) is 15.2. The summed E-state index contributed by atoms with van der Waals surface area (Å²) >= 11 is 0. The first-order chi connectivity index (χ1) is 13.6. The number of benzene rings is 2. The van der Waals surface area contributed by atoms with E-state index in [1.165, 1.54) is 42.5 Å². The van der Waals surface area contributed by atoms with E-state index < -0.39 is 30.7 Å². The first-order valence-electron chi connectivity index (χ1n) is 8.29. The minimum Gasteiger partial charge on any atom is -0.465 e. The summed E-state index contributed by atoms with van der Waals surface area (Å²) in [5.74, 6) is -0.991. The SMILES string of the molecule is CCOC(=O)CNC(O)(Oc1ccccc1-c1ccc([N+](=O)[O-])cc1)P(=O)(O)O. The van der Waals surface area contributed by atoms with E-state index in [2.05, 4.69) is 4.74 Å². The van der Waals surface area contributed by atoms with Crippen LogP contribution in [0.1, 0.15) is 6.92 Å². The maximum Gasteiger partial charge on any atom is 0.414 e. The maximum atomic E-state index is 11.8. The molecule has 12 heteroatoms. The average Bonchev–Trinajstić information content (AvgIpc) is 2.66. The van der Waals surface area contributed by atoms with Crippen LogP contribution in [-0.4, -0.2) is 44.6 Å². The molecule has 11 nitrogen and oxygen atoms in total. The number of nitrogens with one attached hydrogen (secondary N) is 1. The van der Waals surface area contributed by atoms with Gasteiger partial charge in [-0.25, -0.2) is 5.32 Å². The number of hydrogen-bond acceptors (Lipinski definition) is 8. The zero-order chi connectivity index (χ0) is 21.7.